The normalized spacial score (nSPS) is 18.0. The molecule has 0 aliphatic carbocycles. The molecule has 2 aromatic rings. The lowest BCUT2D eigenvalue weighted by atomic mass is 10.1. The highest BCUT2D eigenvalue weighted by Gasteiger charge is 2.29. The van der Waals surface area contributed by atoms with E-state index in [2.05, 4.69) is 25.1 Å². The fraction of sp³-hybridized carbons (Fsp3) is 0.562. The summed E-state index contributed by atoms with van der Waals surface area (Å²) in [6, 6.07) is 0. The number of amides is 1. The second-order valence-electron chi connectivity index (χ2n) is 5.74. The quantitative estimate of drug-likeness (QED) is 0.906. The number of H-pyrrole nitrogens is 1. The SMILES string of the molecule is CCc1nc([C@@H]2CN(C(=O)c3cnc(C)nc3CC)CCO2)n[nH]1. The maximum Gasteiger partial charge on any atom is 0.257 e. The first-order chi connectivity index (χ1) is 11.6. The molecule has 1 saturated heterocycles. The molecule has 1 amide bonds. The zero-order valence-corrected chi connectivity index (χ0v) is 14.2. The van der Waals surface area contributed by atoms with Crippen molar-refractivity contribution in [1.82, 2.24) is 30.0 Å². The summed E-state index contributed by atoms with van der Waals surface area (Å²) in [6.45, 7) is 7.24. The number of nitrogens with zero attached hydrogens (tertiary/aromatic N) is 5. The summed E-state index contributed by atoms with van der Waals surface area (Å²) in [7, 11) is 0. The van der Waals surface area contributed by atoms with Gasteiger partial charge in [-0.1, -0.05) is 13.8 Å². The Balaban J connectivity index is 1.78. The molecule has 1 fully saturated rings. The molecule has 1 aliphatic rings. The van der Waals surface area contributed by atoms with Gasteiger partial charge in [0, 0.05) is 19.2 Å². The van der Waals surface area contributed by atoms with Crippen molar-refractivity contribution in [2.75, 3.05) is 19.7 Å². The Labute approximate surface area is 140 Å². The lowest BCUT2D eigenvalue weighted by Crippen LogP contribution is -2.43. The van der Waals surface area contributed by atoms with Gasteiger partial charge in [-0.15, -0.1) is 0 Å². The van der Waals surface area contributed by atoms with Crippen LogP contribution >= 0.6 is 0 Å². The summed E-state index contributed by atoms with van der Waals surface area (Å²) < 4.78 is 5.74. The minimum Gasteiger partial charge on any atom is -0.366 e. The number of morpholine rings is 1. The van der Waals surface area contributed by atoms with Gasteiger partial charge in [-0.25, -0.2) is 15.0 Å². The van der Waals surface area contributed by atoms with Crippen molar-refractivity contribution in [2.24, 2.45) is 0 Å². The number of aryl methyl sites for hydroxylation is 3. The third kappa shape index (κ3) is 3.28. The second-order valence-corrected chi connectivity index (χ2v) is 5.74. The number of nitrogens with one attached hydrogen (secondary N) is 1. The fourth-order valence-corrected chi connectivity index (χ4v) is 2.74. The van der Waals surface area contributed by atoms with Gasteiger partial charge < -0.3 is 9.64 Å². The van der Waals surface area contributed by atoms with Crippen molar-refractivity contribution >= 4 is 5.91 Å². The molecular formula is C16H22N6O2. The number of hydrogen-bond donors (Lipinski definition) is 1. The van der Waals surface area contributed by atoms with Crippen LogP contribution in [0.2, 0.25) is 0 Å². The van der Waals surface area contributed by atoms with Crippen LogP contribution in [0, 0.1) is 6.92 Å². The van der Waals surface area contributed by atoms with Crippen LogP contribution < -0.4 is 0 Å². The number of aromatic nitrogens is 5. The van der Waals surface area contributed by atoms with E-state index in [1.165, 1.54) is 0 Å². The molecule has 2 aromatic heterocycles. The monoisotopic (exact) mass is 330 g/mol. The summed E-state index contributed by atoms with van der Waals surface area (Å²) >= 11 is 0. The Bertz CT molecular complexity index is 729. The summed E-state index contributed by atoms with van der Waals surface area (Å²) in [6.07, 6.45) is 2.79. The van der Waals surface area contributed by atoms with Gasteiger partial charge in [0.25, 0.3) is 5.91 Å². The van der Waals surface area contributed by atoms with E-state index < -0.39 is 0 Å². The van der Waals surface area contributed by atoms with Gasteiger partial charge in [0.15, 0.2) is 5.82 Å². The molecule has 3 heterocycles. The highest BCUT2D eigenvalue weighted by Crippen LogP contribution is 2.21. The third-order valence-electron chi connectivity index (χ3n) is 4.08. The second kappa shape index (κ2) is 7.04. The number of carbonyl (C=O) groups excluding carboxylic acids is 1. The fourth-order valence-electron chi connectivity index (χ4n) is 2.74. The number of hydrogen-bond acceptors (Lipinski definition) is 6. The van der Waals surface area contributed by atoms with Crippen LogP contribution in [0.5, 0.6) is 0 Å². The van der Waals surface area contributed by atoms with Gasteiger partial charge in [0.1, 0.15) is 17.8 Å². The third-order valence-corrected chi connectivity index (χ3v) is 4.08. The van der Waals surface area contributed by atoms with E-state index in [0.29, 0.717) is 43.3 Å². The van der Waals surface area contributed by atoms with Gasteiger partial charge in [0.05, 0.1) is 24.4 Å². The average molecular weight is 330 g/mol. The van der Waals surface area contributed by atoms with Crippen LogP contribution in [0.15, 0.2) is 6.20 Å². The first-order valence-electron chi connectivity index (χ1n) is 8.26. The topological polar surface area (TPSA) is 96.9 Å². The average Bonchev–Trinajstić information content (AvgIpc) is 3.10. The molecule has 3 rings (SSSR count). The van der Waals surface area contributed by atoms with E-state index in [-0.39, 0.29) is 12.0 Å². The summed E-state index contributed by atoms with van der Waals surface area (Å²) in [5.74, 6) is 2.03. The molecule has 1 atom stereocenters. The lowest BCUT2D eigenvalue weighted by molar-refractivity contribution is -0.0267. The van der Waals surface area contributed by atoms with E-state index in [9.17, 15) is 4.79 Å². The molecule has 8 heteroatoms. The molecule has 0 unspecified atom stereocenters. The van der Waals surface area contributed by atoms with Gasteiger partial charge >= 0.3 is 0 Å². The number of ether oxygens (including phenoxy) is 1. The van der Waals surface area contributed by atoms with E-state index >= 15 is 0 Å². The summed E-state index contributed by atoms with van der Waals surface area (Å²) in [5.41, 5.74) is 1.34. The smallest absolute Gasteiger partial charge is 0.257 e. The zero-order valence-electron chi connectivity index (χ0n) is 14.2. The molecule has 0 aromatic carbocycles. The standard InChI is InChI=1S/C16H22N6O2/c1-4-12-11(8-17-10(3)18-12)16(23)22-6-7-24-13(9-22)15-19-14(5-2)20-21-15/h8,13H,4-7,9H2,1-3H3,(H,19,20,21)/t13-/m0/s1. The molecular weight excluding hydrogens is 308 g/mol. The molecule has 0 bridgehead atoms. The van der Waals surface area contributed by atoms with Crippen molar-refractivity contribution in [3.63, 3.8) is 0 Å². The van der Waals surface area contributed by atoms with E-state index in [4.69, 9.17) is 4.74 Å². The van der Waals surface area contributed by atoms with Crippen LogP contribution in [-0.4, -0.2) is 55.7 Å². The lowest BCUT2D eigenvalue weighted by Gasteiger charge is -2.31. The number of rotatable bonds is 4. The molecule has 0 saturated carbocycles. The Morgan fingerprint density at radius 2 is 2.21 bits per heavy atom. The number of aromatic amines is 1. The Hall–Kier alpha value is -2.35. The zero-order chi connectivity index (χ0) is 17.1. The minimum atomic E-state index is -0.310. The Morgan fingerprint density at radius 3 is 2.92 bits per heavy atom. The predicted molar refractivity (Wildman–Crippen MR) is 86.5 cm³/mol. The van der Waals surface area contributed by atoms with E-state index in [1.807, 2.05) is 20.8 Å². The van der Waals surface area contributed by atoms with Crippen LogP contribution in [0.25, 0.3) is 0 Å². The molecule has 128 valence electrons. The van der Waals surface area contributed by atoms with E-state index in [0.717, 1.165) is 17.9 Å². The first-order valence-corrected chi connectivity index (χ1v) is 8.26. The predicted octanol–water partition coefficient (Wildman–Crippen LogP) is 1.24. The molecule has 1 N–H and O–H groups in total. The van der Waals surface area contributed by atoms with Crippen molar-refractivity contribution < 1.29 is 9.53 Å². The maximum absolute atomic E-state index is 12.9. The van der Waals surface area contributed by atoms with Crippen LogP contribution in [0.3, 0.4) is 0 Å². The Morgan fingerprint density at radius 1 is 1.38 bits per heavy atom. The maximum atomic E-state index is 12.9. The molecule has 0 radical (unpaired) electrons. The highest BCUT2D eigenvalue weighted by atomic mass is 16.5. The van der Waals surface area contributed by atoms with Gasteiger partial charge in [-0.2, -0.15) is 5.10 Å². The Kier molecular flexibility index (Phi) is 4.84. The van der Waals surface area contributed by atoms with Gasteiger partial charge in [-0.3, -0.25) is 9.89 Å². The van der Waals surface area contributed by atoms with Crippen LogP contribution in [-0.2, 0) is 17.6 Å². The molecule has 0 spiro atoms. The van der Waals surface area contributed by atoms with Gasteiger partial charge in [-0.05, 0) is 13.3 Å². The van der Waals surface area contributed by atoms with Gasteiger partial charge in [0.2, 0.25) is 0 Å². The molecule has 24 heavy (non-hydrogen) atoms. The minimum absolute atomic E-state index is 0.0635. The number of carbonyl (C=O) groups is 1. The van der Waals surface area contributed by atoms with E-state index in [1.54, 1.807) is 11.1 Å². The van der Waals surface area contributed by atoms with Crippen molar-refractivity contribution in [3.8, 4) is 0 Å². The van der Waals surface area contributed by atoms with Crippen molar-refractivity contribution in [1.29, 1.82) is 0 Å². The summed E-state index contributed by atoms with van der Waals surface area (Å²) in [5, 5.41) is 7.09. The molecule has 8 nitrogen and oxygen atoms in total. The highest BCUT2D eigenvalue weighted by molar-refractivity contribution is 5.95. The summed E-state index contributed by atoms with van der Waals surface area (Å²) in [4.78, 5) is 27.6. The first kappa shape index (κ1) is 16.5. The largest absolute Gasteiger partial charge is 0.366 e. The van der Waals surface area contributed by atoms with Crippen LogP contribution in [0.1, 0.15) is 53.5 Å². The van der Waals surface area contributed by atoms with Crippen molar-refractivity contribution in [2.45, 2.75) is 39.7 Å². The van der Waals surface area contributed by atoms with Crippen molar-refractivity contribution in [3.05, 3.63) is 34.9 Å². The molecule has 1 aliphatic heterocycles. The van der Waals surface area contributed by atoms with Crippen LogP contribution in [0.4, 0.5) is 0 Å².